The largest absolute Gasteiger partial charge is 0.340 e. The maximum Gasteiger partial charge on any atom is 0.236 e. The van der Waals surface area contributed by atoms with Crippen molar-refractivity contribution in [3.8, 4) is 0 Å². The van der Waals surface area contributed by atoms with E-state index in [9.17, 15) is 4.79 Å². The predicted octanol–water partition coefficient (Wildman–Crippen LogP) is 0.767. The zero-order valence-corrected chi connectivity index (χ0v) is 11.3. The van der Waals surface area contributed by atoms with Crippen LogP contribution in [0.15, 0.2) is 12.4 Å². The van der Waals surface area contributed by atoms with Crippen molar-refractivity contribution < 1.29 is 4.79 Å². The molecule has 1 aromatic rings. The van der Waals surface area contributed by atoms with E-state index >= 15 is 0 Å². The lowest BCUT2D eigenvalue weighted by Gasteiger charge is -2.23. The average molecular weight is 238 g/mol. The zero-order valence-electron chi connectivity index (χ0n) is 11.3. The molecular weight excluding hydrogens is 216 g/mol. The molecule has 96 valence electrons. The molecule has 0 radical (unpaired) electrons. The van der Waals surface area contributed by atoms with Crippen molar-refractivity contribution >= 4 is 5.91 Å². The molecule has 5 heteroatoms. The lowest BCUT2D eigenvalue weighted by Crippen LogP contribution is -2.43. The van der Waals surface area contributed by atoms with Crippen LogP contribution in [0.5, 0.6) is 0 Å². The molecule has 17 heavy (non-hydrogen) atoms. The number of rotatable bonds is 4. The van der Waals surface area contributed by atoms with Crippen LogP contribution in [0.1, 0.15) is 26.3 Å². The molecule has 1 aromatic heterocycles. The van der Waals surface area contributed by atoms with Gasteiger partial charge in [-0.05, 0) is 20.8 Å². The van der Waals surface area contributed by atoms with Crippen molar-refractivity contribution in [3.63, 3.8) is 0 Å². The van der Waals surface area contributed by atoms with Gasteiger partial charge in [-0.1, -0.05) is 0 Å². The Bertz CT molecular complexity index is 378. The average Bonchev–Trinajstić information content (AvgIpc) is 2.59. The molecule has 1 N–H and O–H groups in total. The quantitative estimate of drug-likeness (QED) is 0.843. The monoisotopic (exact) mass is 238 g/mol. The first-order valence-electron chi connectivity index (χ1n) is 5.74. The van der Waals surface area contributed by atoms with Gasteiger partial charge in [0.15, 0.2) is 0 Å². The molecule has 1 rings (SSSR count). The van der Waals surface area contributed by atoms with E-state index < -0.39 is 0 Å². The summed E-state index contributed by atoms with van der Waals surface area (Å²) in [5.74, 6) is 0.0868. The van der Waals surface area contributed by atoms with Gasteiger partial charge < -0.3 is 10.2 Å². The Labute approximate surface area is 103 Å². The number of nitrogens with one attached hydrogen (secondary N) is 1. The fourth-order valence-corrected chi connectivity index (χ4v) is 1.39. The second-order valence-electron chi connectivity index (χ2n) is 5.38. The van der Waals surface area contributed by atoms with Crippen LogP contribution in [-0.4, -0.2) is 39.7 Å². The van der Waals surface area contributed by atoms with Crippen molar-refractivity contribution in [2.75, 3.05) is 13.6 Å². The Balaban J connectivity index is 2.42. The number of aromatic nitrogens is 2. The Kier molecular flexibility index (Phi) is 4.28. The van der Waals surface area contributed by atoms with E-state index in [4.69, 9.17) is 0 Å². The summed E-state index contributed by atoms with van der Waals surface area (Å²) in [6.07, 6.45) is 3.70. The highest BCUT2D eigenvalue weighted by Crippen LogP contribution is 2.02. The summed E-state index contributed by atoms with van der Waals surface area (Å²) in [5, 5.41) is 7.26. The second kappa shape index (κ2) is 5.31. The van der Waals surface area contributed by atoms with Crippen LogP contribution in [0.25, 0.3) is 0 Å². The Hall–Kier alpha value is -1.36. The van der Waals surface area contributed by atoms with Gasteiger partial charge in [0.05, 0.1) is 12.7 Å². The third kappa shape index (κ3) is 4.99. The second-order valence-corrected chi connectivity index (χ2v) is 5.38. The summed E-state index contributed by atoms with van der Waals surface area (Å²) in [4.78, 5) is 13.5. The van der Waals surface area contributed by atoms with Gasteiger partial charge in [0.1, 0.15) is 0 Å². The van der Waals surface area contributed by atoms with Crippen LogP contribution in [-0.2, 0) is 18.4 Å². The maximum absolute atomic E-state index is 11.8. The SMILES string of the molecule is CN(Cc1cnn(C)c1)C(=O)CNC(C)(C)C. The fraction of sp³-hybridized carbons (Fsp3) is 0.667. The number of aryl methyl sites for hydroxylation is 1. The molecule has 0 atom stereocenters. The van der Waals surface area contributed by atoms with Crippen molar-refractivity contribution in [2.45, 2.75) is 32.9 Å². The molecule has 0 unspecified atom stereocenters. The fourth-order valence-electron chi connectivity index (χ4n) is 1.39. The van der Waals surface area contributed by atoms with Gasteiger partial charge in [0.2, 0.25) is 5.91 Å². The predicted molar refractivity (Wildman–Crippen MR) is 67.4 cm³/mol. The van der Waals surface area contributed by atoms with Gasteiger partial charge in [-0.2, -0.15) is 5.10 Å². The molecule has 0 aliphatic carbocycles. The van der Waals surface area contributed by atoms with Crippen molar-refractivity contribution in [1.82, 2.24) is 20.0 Å². The first-order valence-corrected chi connectivity index (χ1v) is 5.74. The van der Waals surface area contributed by atoms with Gasteiger partial charge in [0, 0.05) is 37.9 Å². The number of carbonyl (C=O) groups is 1. The molecule has 0 bridgehead atoms. The third-order valence-electron chi connectivity index (χ3n) is 2.37. The van der Waals surface area contributed by atoms with Gasteiger partial charge in [-0.15, -0.1) is 0 Å². The number of likely N-dealkylation sites (N-methyl/N-ethyl adjacent to an activating group) is 1. The molecule has 1 amide bonds. The highest BCUT2D eigenvalue weighted by atomic mass is 16.2. The minimum atomic E-state index is -0.0369. The first-order chi connectivity index (χ1) is 7.78. The summed E-state index contributed by atoms with van der Waals surface area (Å²) in [6, 6.07) is 0. The topological polar surface area (TPSA) is 50.2 Å². The smallest absolute Gasteiger partial charge is 0.236 e. The Morgan fingerprint density at radius 3 is 2.65 bits per heavy atom. The highest BCUT2D eigenvalue weighted by Gasteiger charge is 2.14. The van der Waals surface area contributed by atoms with Crippen LogP contribution >= 0.6 is 0 Å². The number of nitrogens with zero attached hydrogens (tertiary/aromatic N) is 3. The number of hydrogen-bond donors (Lipinski definition) is 1. The molecule has 0 aromatic carbocycles. The Morgan fingerprint density at radius 1 is 1.53 bits per heavy atom. The molecule has 0 saturated carbocycles. The number of hydrogen-bond acceptors (Lipinski definition) is 3. The lowest BCUT2D eigenvalue weighted by molar-refractivity contribution is -0.129. The first kappa shape index (κ1) is 13.7. The molecule has 0 spiro atoms. The van der Waals surface area contributed by atoms with E-state index in [2.05, 4.69) is 10.4 Å². The van der Waals surface area contributed by atoms with Crippen LogP contribution in [0.2, 0.25) is 0 Å². The van der Waals surface area contributed by atoms with Gasteiger partial charge in [-0.3, -0.25) is 9.48 Å². The van der Waals surface area contributed by atoms with Crippen molar-refractivity contribution in [3.05, 3.63) is 18.0 Å². The van der Waals surface area contributed by atoms with Crippen molar-refractivity contribution in [1.29, 1.82) is 0 Å². The Morgan fingerprint density at radius 2 is 2.18 bits per heavy atom. The zero-order chi connectivity index (χ0) is 13.1. The lowest BCUT2D eigenvalue weighted by atomic mass is 10.1. The minimum absolute atomic E-state index is 0.0369. The summed E-state index contributed by atoms with van der Waals surface area (Å²) >= 11 is 0. The maximum atomic E-state index is 11.8. The van der Waals surface area contributed by atoms with Crippen LogP contribution in [0.3, 0.4) is 0 Å². The molecule has 0 aliphatic heterocycles. The highest BCUT2D eigenvalue weighted by molar-refractivity contribution is 5.78. The van der Waals surface area contributed by atoms with E-state index in [-0.39, 0.29) is 11.4 Å². The summed E-state index contributed by atoms with van der Waals surface area (Å²) < 4.78 is 1.74. The van der Waals surface area contributed by atoms with Crippen molar-refractivity contribution in [2.24, 2.45) is 7.05 Å². The number of amides is 1. The van der Waals surface area contributed by atoms with Gasteiger partial charge in [-0.25, -0.2) is 0 Å². The minimum Gasteiger partial charge on any atom is -0.340 e. The standard InChI is InChI=1S/C12H22N4O/c1-12(2,3)13-7-11(17)15(4)8-10-6-14-16(5)9-10/h6,9,13H,7-8H2,1-5H3. The van der Waals surface area contributed by atoms with E-state index in [1.807, 2.05) is 34.0 Å². The summed E-state index contributed by atoms with van der Waals surface area (Å²) in [5.41, 5.74) is 1.00. The van der Waals surface area contributed by atoms with E-state index in [1.165, 1.54) is 0 Å². The molecule has 5 nitrogen and oxygen atoms in total. The molecule has 0 saturated heterocycles. The molecule has 1 heterocycles. The summed E-state index contributed by atoms with van der Waals surface area (Å²) in [6.45, 7) is 7.09. The normalized spacial score (nSPS) is 11.6. The number of carbonyl (C=O) groups excluding carboxylic acids is 1. The van der Waals surface area contributed by atoms with Crippen LogP contribution in [0.4, 0.5) is 0 Å². The summed E-state index contributed by atoms with van der Waals surface area (Å²) in [7, 11) is 3.67. The van der Waals surface area contributed by atoms with E-state index in [0.29, 0.717) is 13.1 Å². The van der Waals surface area contributed by atoms with E-state index in [1.54, 1.807) is 22.8 Å². The molecule has 0 aliphatic rings. The van der Waals surface area contributed by atoms with Crippen LogP contribution in [0, 0.1) is 0 Å². The molecular formula is C12H22N4O. The van der Waals surface area contributed by atoms with E-state index in [0.717, 1.165) is 5.56 Å². The van der Waals surface area contributed by atoms with Gasteiger partial charge >= 0.3 is 0 Å². The molecule has 0 fully saturated rings. The third-order valence-corrected chi connectivity index (χ3v) is 2.37. The van der Waals surface area contributed by atoms with Gasteiger partial charge in [0.25, 0.3) is 0 Å². The van der Waals surface area contributed by atoms with Crippen LogP contribution < -0.4 is 5.32 Å².